The maximum Gasteiger partial charge on any atom is 0.146 e. The summed E-state index contributed by atoms with van der Waals surface area (Å²) in [5.41, 5.74) is 1.22. The zero-order valence-corrected chi connectivity index (χ0v) is 7.66. The maximum atomic E-state index is 10.7. The van der Waals surface area contributed by atoms with Gasteiger partial charge in [-0.15, -0.1) is 0 Å². The first kappa shape index (κ1) is 9.20. The number of hydrogen-bond donors (Lipinski definition) is 1. The Morgan fingerprint density at radius 1 is 1.58 bits per heavy atom. The lowest BCUT2D eigenvalue weighted by Crippen LogP contribution is -2.23. The zero-order valence-electron chi connectivity index (χ0n) is 7.66. The number of hydrogen-bond acceptors (Lipinski definition) is 2. The average Bonchev–Trinajstić information content (AvgIpc) is 1.99. The Bertz CT molecular complexity index is 259. The molecule has 1 N–H and O–H groups in total. The van der Waals surface area contributed by atoms with Crippen LogP contribution in [0.1, 0.15) is 20.8 Å². The van der Waals surface area contributed by atoms with Gasteiger partial charge < -0.3 is 5.11 Å². The van der Waals surface area contributed by atoms with E-state index in [0.717, 1.165) is 11.9 Å². The van der Waals surface area contributed by atoms with Crippen molar-refractivity contribution in [2.75, 3.05) is 0 Å². The fourth-order valence-corrected chi connectivity index (χ4v) is 1.48. The predicted octanol–water partition coefficient (Wildman–Crippen LogP) is 1.46. The largest absolute Gasteiger partial charge is 0.385 e. The first-order valence-electron chi connectivity index (χ1n) is 4.03. The van der Waals surface area contributed by atoms with Crippen molar-refractivity contribution in [2.24, 2.45) is 5.41 Å². The molecule has 0 bridgehead atoms. The molecule has 1 rings (SSSR count). The van der Waals surface area contributed by atoms with Crippen molar-refractivity contribution in [3.8, 4) is 0 Å². The third kappa shape index (κ3) is 1.34. The molecule has 0 heterocycles. The van der Waals surface area contributed by atoms with Crippen LogP contribution < -0.4 is 0 Å². The summed E-state index contributed by atoms with van der Waals surface area (Å²) < 4.78 is 0. The molecule has 1 aliphatic rings. The minimum absolute atomic E-state index is 0.231. The van der Waals surface area contributed by atoms with E-state index in [-0.39, 0.29) is 5.41 Å². The molecule has 0 amide bonds. The highest BCUT2D eigenvalue weighted by Gasteiger charge is 2.27. The van der Waals surface area contributed by atoms with E-state index >= 15 is 0 Å². The second-order valence-corrected chi connectivity index (χ2v) is 3.74. The molecule has 1 atom stereocenters. The summed E-state index contributed by atoms with van der Waals surface area (Å²) in [5, 5.41) is 9.41. The number of aliphatic hydroxyl groups is 1. The second-order valence-electron chi connectivity index (χ2n) is 3.74. The molecule has 0 saturated heterocycles. The third-order valence-corrected chi connectivity index (χ3v) is 2.38. The summed E-state index contributed by atoms with van der Waals surface area (Å²) in [6.45, 7) is 5.71. The molecule has 0 aromatic carbocycles. The van der Waals surface area contributed by atoms with Crippen LogP contribution in [-0.2, 0) is 4.79 Å². The molecule has 2 nitrogen and oxygen atoms in total. The number of carbonyl (C=O) groups is 1. The van der Waals surface area contributed by atoms with Crippen LogP contribution in [0.4, 0.5) is 0 Å². The molecule has 0 fully saturated rings. The van der Waals surface area contributed by atoms with Crippen molar-refractivity contribution < 1.29 is 9.90 Å². The molecule has 2 heteroatoms. The van der Waals surface area contributed by atoms with Gasteiger partial charge in [0.05, 0.1) is 6.10 Å². The van der Waals surface area contributed by atoms with Gasteiger partial charge in [0.25, 0.3) is 0 Å². The van der Waals surface area contributed by atoms with Crippen LogP contribution in [0.25, 0.3) is 0 Å². The monoisotopic (exact) mass is 166 g/mol. The van der Waals surface area contributed by atoms with E-state index in [1.807, 2.05) is 19.9 Å². The average molecular weight is 166 g/mol. The van der Waals surface area contributed by atoms with Gasteiger partial charge >= 0.3 is 0 Å². The van der Waals surface area contributed by atoms with Crippen molar-refractivity contribution in [1.82, 2.24) is 0 Å². The second kappa shape index (κ2) is 2.87. The lowest BCUT2D eigenvalue weighted by Gasteiger charge is -2.28. The van der Waals surface area contributed by atoms with Gasteiger partial charge in [0, 0.05) is 11.0 Å². The summed E-state index contributed by atoms with van der Waals surface area (Å²) in [6, 6.07) is 0. The highest BCUT2D eigenvalue weighted by Crippen LogP contribution is 2.33. The first-order valence-corrected chi connectivity index (χ1v) is 4.03. The van der Waals surface area contributed by atoms with Crippen LogP contribution in [0.15, 0.2) is 23.3 Å². The van der Waals surface area contributed by atoms with Crippen LogP contribution in [-0.4, -0.2) is 17.5 Å². The Hall–Kier alpha value is -0.890. The van der Waals surface area contributed by atoms with Gasteiger partial charge in [-0.2, -0.15) is 0 Å². The standard InChI is InChI=1S/C10H14O2/c1-7-8(6-11)10(2,3)5-4-9(7)12/h4-6,9,12H,1-3H3. The molecule has 0 aromatic heterocycles. The fourth-order valence-electron chi connectivity index (χ4n) is 1.48. The van der Waals surface area contributed by atoms with Gasteiger partial charge in [0.1, 0.15) is 6.29 Å². The highest BCUT2D eigenvalue weighted by molar-refractivity contribution is 5.78. The molecule has 0 aliphatic heterocycles. The molecule has 66 valence electrons. The smallest absolute Gasteiger partial charge is 0.146 e. The molecule has 0 radical (unpaired) electrons. The van der Waals surface area contributed by atoms with Gasteiger partial charge in [0.2, 0.25) is 0 Å². The molecule has 1 unspecified atom stereocenters. The van der Waals surface area contributed by atoms with Gasteiger partial charge in [-0.3, -0.25) is 4.79 Å². The summed E-state index contributed by atoms with van der Waals surface area (Å²) in [7, 11) is 0. The Kier molecular flexibility index (Phi) is 2.20. The predicted molar refractivity (Wildman–Crippen MR) is 47.7 cm³/mol. The summed E-state index contributed by atoms with van der Waals surface area (Å²) >= 11 is 0. The van der Waals surface area contributed by atoms with Crippen molar-refractivity contribution in [3.63, 3.8) is 0 Å². The van der Waals surface area contributed by atoms with Crippen molar-refractivity contribution in [3.05, 3.63) is 23.3 Å². The molecule has 0 aromatic rings. The normalized spacial score (nSPS) is 27.5. The van der Waals surface area contributed by atoms with Crippen LogP contribution in [0, 0.1) is 5.41 Å². The van der Waals surface area contributed by atoms with E-state index in [2.05, 4.69) is 0 Å². The van der Waals surface area contributed by atoms with E-state index in [0.29, 0.717) is 5.57 Å². The van der Waals surface area contributed by atoms with Gasteiger partial charge in [-0.1, -0.05) is 26.0 Å². The molecule has 0 spiro atoms. The van der Waals surface area contributed by atoms with Crippen LogP contribution >= 0.6 is 0 Å². The van der Waals surface area contributed by atoms with E-state index in [1.165, 1.54) is 0 Å². The first-order chi connectivity index (χ1) is 5.49. The maximum absolute atomic E-state index is 10.7. The van der Waals surface area contributed by atoms with E-state index in [9.17, 15) is 9.90 Å². The molecule has 12 heavy (non-hydrogen) atoms. The molecule has 0 saturated carbocycles. The number of aldehydes is 1. The lowest BCUT2D eigenvalue weighted by atomic mass is 9.77. The Morgan fingerprint density at radius 3 is 2.58 bits per heavy atom. The highest BCUT2D eigenvalue weighted by atomic mass is 16.3. The number of carbonyl (C=O) groups excluding carboxylic acids is 1. The summed E-state index contributed by atoms with van der Waals surface area (Å²) in [4.78, 5) is 10.7. The SMILES string of the molecule is CC1=C(C=O)C(C)(C)C=CC1O. The Morgan fingerprint density at radius 2 is 2.17 bits per heavy atom. The van der Waals surface area contributed by atoms with E-state index in [1.54, 1.807) is 13.0 Å². The lowest BCUT2D eigenvalue weighted by molar-refractivity contribution is -0.105. The minimum atomic E-state index is -0.585. The topological polar surface area (TPSA) is 37.3 Å². The zero-order chi connectivity index (χ0) is 9.35. The molecular formula is C10H14O2. The van der Waals surface area contributed by atoms with Gasteiger partial charge in [0.15, 0.2) is 0 Å². The molecule has 1 aliphatic carbocycles. The van der Waals surface area contributed by atoms with E-state index < -0.39 is 6.10 Å². The number of aliphatic hydroxyl groups excluding tert-OH is 1. The van der Waals surface area contributed by atoms with Crippen LogP contribution in [0.5, 0.6) is 0 Å². The van der Waals surface area contributed by atoms with Gasteiger partial charge in [-0.25, -0.2) is 0 Å². The summed E-state index contributed by atoms with van der Waals surface area (Å²) in [5.74, 6) is 0. The van der Waals surface area contributed by atoms with Crippen molar-refractivity contribution in [1.29, 1.82) is 0 Å². The Balaban J connectivity index is 3.15. The quantitative estimate of drug-likeness (QED) is 0.473. The third-order valence-electron chi connectivity index (χ3n) is 2.38. The summed E-state index contributed by atoms with van der Waals surface area (Å²) in [6.07, 6.45) is 3.84. The number of rotatable bonds is 1. The van der Waals surface area contributed by atoms with Crippen molar-refractivity contribution >= 4 is 6.29 Å². The molecular weight excluding hydrogens is 152 g/mol. The fraction of sp³-hybridized carbons (Fsp3) is 0.500. The minimum Gasteiger partial charge on any atom is -0.385 e. The van der Waals surface area contributed by atoms with Gasteiger partial charge in [-0.05, 0) is 12.5 Å². The van der Waals surface area contributed by atoms with Crippen LogP contribution in [0.2, 0.25) is 0 Å². The van der Waals surface area contributed by atoms with Crippen LogP contribution in [0.3, 0.4) is 0 Å². The Labute approximate surface area is 72.6 Å². The van der Waals surface area contributed by atoms with Crippen molar-refractivity contribution in [2.45, 2.75) is 26.9 Å². The van der Waals surface area contributed by atoms with E-state index in [4.69, 9.17) is 0 Å². The number of allylic oxidation sites excluding steroid dienone is 2.